The van der Waals surface area contributed by atoms with Crippen LogP contribution in [0.1, 0.15) is 50.4 Å². The molecule has 1 aromatic rings. The molecule has 0 saturated carbocycles. The van der Waals surface area contributed by atoms with Gasteiger partial charge in [-0.1, -0.05) is 13.8 Å². The Bertz CT molecular complexity index is 762. The molecule has 2 amide bonds. The maximum atomic E-state index is 12.8. The van der Waals surface area contributed by atoms with Crippen LogP contribution in [0.2, 0.25) is 0 Å². The fraction of sp³-hybridized carbons (Fsp3) is 0.579. The molecule has 0 spiro atoms. The van der Waals surface area contributed by atoms with E-state index in [4.69, 9.17) is 0 Å². The van der Waals surface area contributed by atoms with Gasteiger partial charge in [-0.2, -0.15) is 4.31 Å². The molecule has 0 radical (unpaired) electrons. The predicted octanol–water partition coefficient (Wildman–Crippen LogP) is 1.75. The summed E-state index contributed by atoms with van der Waals surface area (Å²) < 4.78 is 27.0. The molecule has 27 heavy (non-hydrogen) atoms. The Morgan fingerprint density at radius 1 is 1.26 bits per heavy atom. The summed E-state index contributed by atoms with van der Waals surface area (Å²) in [5.74, 6) is -0.313. The van der Waals surface area contributed by atoms with Crippen LogP contribution in [-0.4, -0.2) is 50.2 Å². The van der Waals surface area contributed by atoms with Gasteiger partial charge in [0, 0.05) is 25.2 Å². The lowest BCUT2D eigenvalue weighted by atomic mass is 10.0. The maximum absolute atomic E-state index is 12.8. The van der Waals surface area contributed by atoms with Crippen LogP contribution in [0.25, 0.3) is 0 Å². The topological polar surface area (TPSA) is 95.6 Å². The van der Waals surface area contributed by atoms with E-state index in [1.807, 2.05) is 13.8 Å². The molecular weight excluding hydrogens is 366 g/mol. The van der Waals surface area contributed by atoms with Gasteiger partial charge in [0.05, 0.1) is 4.90 Å². The lowest BCUT2D eigenvalue weighted by Crippen LogP contribution is -2.45. The smallest absolute Gasteiger partial charge is 0.251 e. The lowest BCUT2D eigenvalue weighted by Gasteiger charge is -2.30. The molecule has 150 valence electrons. The molecule has 7 nitrogen and oxygen atoms in total. The van der Waals surface area contributed by atoms with Gasteiger partial charge in [0.15, 0.2) is 0 Å². The molecule has 0 bridgehead atoms. The van der Waals surface area contributed by atoms with Gasteiger partial charge in [-0.15, -0.1) is 0 Å². The van der Waals surface area contributed by atoms with E-state index < -0.39 is 22.0 Å². The Kier molecular flexibility index (Phi) is 7.38. The molecule has 1 heterocycles. The summed E-state index contributed by atoms with van der Waals surface area (Å²) in [6, 6.07) is 5.19. The number of hydrogen-bond acceptors (Lipinski definition) is 4. The Labute approximate surface area is 161 Å². The SMILES string of the molecule is CCCNC(=O)[C@@H](C)NC(=O)c1ccc(S(=O)(=O)N2CCC[C@H](C)C2)cc1. The fourth-order valence-electron chi connectivity index (χ4n) is 3.04. The summed E-state index contributed by atoms with van der Waals surface area (Å²) >= 11 is 0. The van der Waals surface area contributed by atoms with Crippen LogP contribution in [0.3, 0.4) is 0 Å². The molecule has 0 unspecified atom stereocenters. The summed E-state index contributed by atoms with van der Waals surface area (Å²) in [6.45, 7) is 7.21. The fourth-order valence-corrected chi connectivity index (χ4v) is 4.64. The molecule has 1 aliphatic rings. The zero-order valence-electron chi connectivity index (χ0n) is 16.2. The molecule has 0 aliphatic carbocycles. The number of piperidine rings is 1. The number of nitrogens with one attached hydrogen (secondary N) is 2. The molecule has 1 fully saturated rings. The van der Waals surface area contributed by atoms with Gasteiger partial charge in [-0.25, -0.2) is 8.42 Å². The van der Waals surface area contributed by atoms with Crippen LogP contribution < -0.4 is 10.6 Å². The van der Waals surface area contributed by atoms with Crippen molar-refractivity contribution in [3.63, 3.8) is 0 Å². The van der Waals surface area contributed by atoms with Crippen LogP contribution in [0, 0.1) is 5.92 Å². The number of benzene rings is 1. The van der Waals surface area contributed by atoms with Gasteiger partial charge >= 0.3 is 0 Å². The van der Waals surface area contributed by atoms with Crippen molar-refractivity contribution in [2.75, 3.05) is 19.6 Å². The second-order valence-electron chi connectivity index (χ2n) is 7.12. The van der Waals surface area contributed by atoms with E-state index in [0.717, 1.165) is 19.3 Å². The van der Waals surface area contributed by atoms with Gasteiger partial charge in [0.1, 0.15) is 6.04 Å². The van der Waals surface area contributed by atoms with Crippen molar-refractivity contribution in [3.05, 3.63) is 29.8 Å². The highest BCUT2D eigenvalue weighted by molar-refractivity contribution is 7.89. The zero-order valence-corrected chi connectivity index (χ0v) is 17.0. The van der Waals surface area contributed by atoms with Crippen LogP contribution in [0.4, 0.5) is 0 Å². The quantitative estimate of drug-likeness (QED) is 0.735. The van der Waals surface area contributed by atoms with Crippen LogP contribution in [0.15, 0.2) is 29.2 Å². The average molecular weight is 396 g/mol. The number of hydrogen-bond donors (Lipinski definition) is 2. The minimum Gasteiger partial charge on any atom is -0.354 e. The van der Waals surface area contributed by atoms with Crippen LogP contribution in [-0.2, 0) is 14.8 Å². The first-order valence-electron chi connectivity index (χ1n) is 9.44. The highest BCUT2D eigenvalue weighted by Gasteiger charge is 2.28. The first-order valence-corrected chi connectivity index (χ1v) is 10.9. The first kappa shape index (κ1) is 21.4. The minimum absolute atomic E-state index is 0.182. The van der Waals surface area contributed by atoms with Crippen molar-refractivity contribution >= 4 is 21.8 Å². The number of nitrogens with zero attached hydrogens (tertiary/aromatic N) is 1. The average Bonchev–Trinajstić information content (AvgIpc) is 2.66. The van der Waals surface area contributed by atoms with E-state index in [1.165, 1.54) is 28.6 Å². The number of rotatable bonds is 7. The first-order chi connectivity index (χ1) is 12.8. The van der Waals surface area contributed by atoms with E-state index in [1.54, 1.807) is 6.92 Å². The summed E-state index contributed by atoms with van der Waals surface area (Å²) in [5.41, 5.74) is 0.316. The van der Waals surface area contributed by atoms with Crippen molar-refractivity contribution in [1.29, 1.82) is 0 Å². The molecule has 1 saturated heterocycles. The van der Waals surface area contributed by atoms with Crippen molar-refractivity contribution in [2.45, 2.75) is 51.0 Å². The Morgan fingerprint density at radius 3 is 2.52 bits per heavy atom. The summed E-state index contributed by atoms with van der Waals surface area (Å²) in [4.78, 5) is 24.3. The molecule has 8 heteroatoms. The number of carbonyl (C=O) groups is 2. The van der Waals surface area contributed by atoms with Crippen LogP contribution in [0.5, 0.6) is 0 Å². The third kappa shape index (κ3) is 5.52. The Hall–Kier alpha value is -1.93. The van der Waals surface area contributed by atoms with E-state index in [2.05, 4.69) is 10.6 Å². The zero-order chi connectivity index (χ0) is 20.0. The highest BCUT2D eigenvalue weighted by Crippen LogP contribution is 2.23. The van der Waals surface area contributed by atoms with Gasteiger partial charge in [-0.05, 0) is 56.4 Å². The van der Waals surface area contributed by atoms with Gasteiger partial charge in [0.25, 0.3) is 5.91 Å². The third-order valence-corrected chi connectivity index (χ3v) is 6.54. The van der Waals surface area contributed by atoms with E-state index >= 15 is 0 Å². The molecule has 0 aromatic heterocycles. The third-order valence-electron chi connectivity index (χ3n) is 4.66. The number of carbonyl (C=O) groups excluding carboxylic acids is 2. The molecule has 2 rings (SSSR count). The van der Waals surface area contributed by atoms with Crippen LogP contribution >= 0.6 is 0 Å². The predicted molar refractivity (Wildman–Crippen MR) is 104 cm³/mol. The lowest BCUT2D eigenvalue weighted by molar-refractivity contribution is -0.122. The molecular formula is C19H29N3O4S. The van der Waals surface area contributed by atoms with Crippen molar-refractivity contribution in [3.8, 4) is 0 Å². The summed E-state index contributed by atoms with van der Waals surface area (Å²) in [5, 5.41) is 5.34. The molecule has 1 aliphatic heterocycles. The summed E-state index contributed by atoms with van der Waals surface area (Å²) in [7, 11) is -3.55. The molecule has 2 atom stereocenters. The van der Waals surface area contributed by atoms with Gasteiger partial charge < -0.3 is 10.6 Å². The normalized spacial score (nSPS) is 19.3. The Balaban J connectivity index is 2.03. The second-order valence-corrected chi connectivity index (χ2v) is 9.06. The summed E-state index contributed by atoms with van der Waals surface area (Å²) in [6.07, 6.45) is 2.71. The highest BCUT2D eigenvalue weighted by atomic mass is 32.2. The van der Waals surface area contributed by atoms with Crippen molar-refractivity contribution < 1.29 is 18.0 Å². The largest absolute Gasteiger partial charge is 0.354 e. The molecule has 2 N–H and O–H groups in total. The maximum Gasteiger partial charge on any atom is 0.251 e. The van der Waals surface area contributed by atoms with E-state index in [0.29, 0.717) is 31.1 Å². The number of amides is 2. The monoisotopic (exact) mass is 395 g/mol. The van der Waals surface area contributed by atoms with Crippen molar-refractivity contribution in [2.24, 2.45) is 5.92 Å². The second kappa shape index (κ2) is 9.32. The molecule has 1 aromatic carbocycles. The van der Waals surface area contributed by atoms with Crippen molar-refractivity contribution in [1.82, 2.24) is 14.9 Å². The van der Waals surface area contributed by atoms with E-state index in [9.17, 15) is 18.0 Å². The van der Waals surface area contributed by atoms with E-state index in [-0.39, 0.29) is 10.8 Å². The van der Waals surface area contributed by atoms with Gasteiger partial charge in [0.2, 0.25) is 15.9 Å². The number of sulfonamides is 1. The Morgan fingerprint density at radius 2 is 1.93 bits per heavy atom. The van der Waals surface area contributed by atoms with Gasteiger partial charge in [-0.3, -0.25) is 9.59 Å². The standard InChI is InChI=1S/C19H29N3O4S/c1-4-11-20-18(23)15(3)21-19(24)16-7-9-17(10-8-16)27(25,26)22-12-5-6-14(2)13-22/h7-10,14-15H,4-6,11-13H2,1-3H3,(H,20,23)(H,21,24)/t14-,15+/m0/s1. The minimum atomic E-state index is -3.55.